The van der Waals surface area contributed by atoms with Crippen molar-refractivity contribution in [2.24, 2.45) is 0 Å². The molecule has 0 aliphatic carbocycles. The Balaban J connectivity index is 0.000000771. The summed E-state index contributed by atoms with van der Waals surface area (Å²) in [4.78, 5) is 4.75. The maximum absolute atomic E-state index is 2.42. The van der Waals surface area contributed by atoms with Crippen molar-refractivity contribution in [3.8, 4) is 0 Å². The second-order valence-electron chi connectivity index (χ2n) is 4.98. The van der Waals surface area contributed by atoms with Crippen LogP contribution in [0.4, 0.5) is 5.69 Å². The van der Waals surface area contributed by atoms with E-state index in [0.717, 1.165) is 13.0 Å². The topological polar surface area (TPSA) is 6.48 Å². The van der Waals surface area contributed by atoms with Crippen LogP contribution < -0.4 is 4.90 Å². The highest BCUT2D eigenvalue weighted by molar-refractivity contribution is 5.61. The van der Waals surface area contributed by atoms with Crippen LogP contribution in [0.5, 0.6) is 0 Å². The highest BCUT2D eigenvalue weighted by Crippen LogP contribution is 2.31. The molecule has 102 valence electrons. The Hall–Kier alpha value is -1.02. The van der Waals surface area contributed by atoms with Crippen molar-refractivity contribution < 1.29 is 0 Å². The zero-order valence-corrected chi connectivity index (χ0v) is 12.8. The van der Waals surface area contributed by atoms with E-state index in [4.69, 9.17) is 0 Å². The van der Waals surface area contributed by atoms with Crippen LogP contribution in [0.1, 0.15) is 31.9 Å². The minimum absolute atomic E-state index is 0.643. The summed E-state index contributed by atoms with van der Waals surface area (Å²) in [5.74, 6) is 0. The van der Waals surface area contributed by atoms with Gasteiger partial charge in [0.2, 0.25) is 0 Å². The summed E-state index contributed by atoms with van der Waals surface area (Å²) in [6.45, 7) is 7.37. The first-order valence-corrected chi connectivity index (χ1v) is 7.11. The second kappa shape index (κ2) is 6.79. The summed E-state index contributed by atoms with van der Waals surface area (Å²) in [6, 6.07) is 7.37. The van der Waals surface area contributed by atoms with Gasteiger partial charge in [-0.3, -0.25) is 0 Å². The largest absolute Gasteiger partial charge is 0.373 e. The van der Waals surface area contributed by atoms with Gasteiger partial charge in [-0.1, -0.05) is 39.0 Å². The molecule has 0 N–H and O–H groups in total. The van der Waals surface area contributed by atoms with E-state index in [1.54, 1.807) is 0 Å². The van der Waals surface area contributed by atoms with Crippen molar-refractivity contribution in [2.75, 3.05) is 32.6 Å². The van der Waals surface area contributed by atoms with Gasteiger partial charge in [0, 0.05) is 25.3 Å². The van der Waals surface area contributed by atoms with Crippen LogP contribution in [0, 0.1) is 0 Å². The molecule has 1 atom stereocenters. The number of aryl methyl sites for hydroxylation is 1. The second-order valence-corrected chi connectivity index (χ2v) is 4.98. The lowest BCUT2D eigenvalue weighted by Gasteiger charge is -2.38. The Morgan fingerprint density at radius 2 is 1.94 bits per heavy atom. The lowest BCUT2D eigenvalue weighted by Crippen LogP contribution is -2.44. The summed E-state index contributed by atoms with van der Waals surface area (Å²) in [7, 11) is 6.56. The van der Waals surface area contributed by atoms with Crippen LogP contribution in [0.3, 0.4) is 0 Å². The van der Waals surface area contributed by atoms with E-state index in [2.05, 4.69) is 56.1 Å². The predicted molar refractivity (Wildman–Crippen MR) is 81.6 cm³/mol. The Labute approximate surface area is 113 Å². The average molecular weight is 248 g/mol. The number of para-hydroxylation sites is 1. The van der Waals surface area contributed by atoms with Crippen molar-refractivity contribution in [3.63, 3.8) is 0 Å². The monoisotopic (exact) mass is 248 g/mol. The molecule has 0 aromatic heterocycles. The van der Waals surface area contributed by atoms with Crippen molar-refractivity contribution in [1.82, 2.24) is 4.90 Å². The molecule has 1 aromatic carbocycles. The van der Waals surface area contributed by atoms with Crippen LogP contribution in [0.2, 0.25) is 0 Å². The van der Waals surface area contributed by atoms with Crippen molar-refractivity contribution in [1.29, 1.82) is 0 Å². The predicted octanol–water partition coefficient (Wildman–Crippen LogP) is 3.20. The van der Waals surface area contributed by atoms with E-state index in [1.807, 2.05) is 13.8 Å². The summed E-state index contributed by atoms with van der Waals surface area (Å²) < 4.78 is 0. The average Bonchev–Trinajstić information content (AvgIpc) is 2.40. The smallest absolute Gasteiger partial charge is 0.0429 e. The zero-order chi connectivity index (χ0) is 13.7. The lowest BCUT2D eigenvalue weighted by molar-refractivity contribution is 0.289. The van der Waals surface area contributed by atoms with Crippen LogP contribution in [-0.4, -0.2) is 38.6 Å². The molecule has 0 saturated carbocycles. The molecular weight excluding hydrogens is 220 g/mol. The Morgan fingerprint density at radius 3 is 2.50 bits per heavy atom. The van der Waals surface area contributed by atoms with E-state index in [-0.39, 0.29) is 0 Å². The van der Waals surface area contributed by atoms with E-state index < -0.39 is 0 Å². The number of likely N-dealkylation sites (N-methyl/N-ethyl adjacent to an activating group) is 2. The van der Waals surface area contributed by atoms with E-state index in [0.29, 0.717) is 6.04 Å². The molecule has 1 aliphatic heterocycles. The molecule has 18 heavy (non-hydrogen) atoms. The third kappa shape index (κ3) is 3.05. The van der Waals surface area contributed by atoms with E-state index in [9.17, 15) is 0 Å². The fourth-order valence-corrected chi connectivity index (χ4v) is 2.66. The number of hydrogen-bond donors (Lipinski definition) is 0. The standard InChI is InChI=1S/C14H22N2.C2H6/c1-5-11-7-6-8-12-9-13(15(2)3)10-16(4)14(11)12;1-2/h6-8,13H,5,9-10H2,1-4H3;1-2H3. The van der Waals surface area contributed by atoms with E-state index >= 15 is 0 Å². The molecule has 0 fully saturated rings. The maximum atomic E-state index is 2.42. The Kier molecular flexibility index (Phi) is 5.67. The van der Waals surface area contributed by atoms with Gasteiger partial charge in [-0.25, -0.2) is 0 Å². The van der Waals surface area contributed by atoms with Crippen LogP contribution in [0.25, 0.3) is 0 Å². The normalized spacial score (nSPS) is 18.2. The molecule has 1 aromatic rings. The third-order valence-corrected chi connectivity index (χ3v) is 3.64. The summed E-state index contributed by atoms with van der Waals surface area (Å²) >= 11 is 0. The first-order valence-electron chi connectivity index (χ1n) is 7.11. The van der Waals surface area contributed by atoms with Gasteiger partial charge >= 0.3 is 0 Å². The highest BCUT2D eigenvalue weighted by Gasteiger charge is 2.24. The lowest BCUT2D eigenvalue weighted by atomic mass is 9.94. The Bertz CT molecular complexity index is 371. The van der Waals surface area contributed by atoms with Crippen molar-refractivity contribution in [3.05, 3.63) is 29.3 Å². The molecule has 0 saturated heterocycles. The molecule has 2 nitrogen and oxygen atoms in total. The van der Waals surface area contributed by atoms with Crippen molar-refractivity contribution in [2.45, 2.75) is 39.7 Å². The summed E-state index contributed by atoms with van der Waals surface area (Å²) in [5, 5.41) is 0. The number of hydrogen-bond acceptors (Lipinski definition) is 2. The molecule has 2 rings (SSSR count). The fourth-order valence-electron chi connectivity index (χ4n) is 2.66. The van der Waals surface area contributed by atoms with Gasteiger partial charge < -0.3 is 9.80 Å². The molecule has 2 heteroatoms. The molecular formula is C16H28N2. The number of nitrogens with zero attached hydrogens (tertiary/aromatic N) is 2. The number of anilines is 1. The van der Waals surface area contributed by atoms with Crippen LogP contribution in [-0.2, 0) is 12.8 Å². The van der Waals surface area contributed by atoms with Gasteiger partial charge in [0.05, 0.1) is 0 Å². The summed E-state index contributed by atoms with van der Waals surface area (Å²) in [6.07, 6.45) is 2.31. The van der Waals surface area contributed by atoms with Gasteiger partial charge in [-0.2, -0.15) is 0 Å². The molecule has 0 bridgehead atoms. The SMILES string of the molecule is CC.CCc1cccc2c1N(C)CC(N(C)C)C2. The minimum atomic E-state index is 0.643. The number of benzene rings is 1. The van der Waals surface area contributed by atoms with Crippen LogP contribution in [0.15, 0.2) is 18.2 Å². The van der Waals surface area contributed by atoms with Gasteiger partial charge in [-0.05, 0) is 38.1 Å². The molecule has 0 spiro atoms. The first-order chi connectivity index (χ1) is 8.63. The van der Waals surface area contributed by atoms with Gasteiger partial charge in [-0.15, -0.1) is 0 Å². The molecule has 1 heterocycles. The van der Waals surface area contributed by atoms with E-state index in [1.165, 1.54) is 23.2 Å². The minimum Gasteiger partial charge on any atom is -0.373 e. The summed E-state index contributed by atoms with van der Waals surface area (Å²) in [5.41, 5.74) is 4.46. The quantitative estimate of drug-likeness (QED) is 0.793. The van der Waals surface area contributed by atoms with Gasteiger partial charge in [0.25, 0.3) is 0 Å². The first kappa shape index (κ1) is 15.0. The Morgan fingerprint density at radius 1 is 1.28 bits per heavy atom. The molecule has 1 aliphatic rings. The zero-order valence-electron chi connectivity index (χ0n) is 12.8. The maximum Gasteiger partial charge on any atom is 0.0429 e. The number of fused-ring (bicyclic) bond motifs is 1. The molecule has 1 unspecified atom stereocenters. The highest BCUT2D eigenvalue weighted by atomic mass is 15.2. The fraction of sp³-hybridized carbons (Fsp3) is 0.625. The van der Waals surface area contributed by atoms with Crippen molar-refractivity contribution >= 4 is 5.69 Å². The van der Waals surface area contributed by atoms with Crippen LogP contribution >= 0.6 is 0 Å². The number of rotatable bonds is 2. The third-order valence-electron chi connectivity index (χ3n) is 3.64. The van der Waals surface area contributed by atoms with Gasteiger partial charge in [0.1, 0.15) is 0 Å². The molecule has 0 radical (unpaired) electrons. The van der Waals surface area contributed by atoms with Gasteiger partial charge in [0.15, 0.2) is 0 Å². The molecule has 0 amide bonds.